The van der Waals surface area contributed by atoms with Crippen LogP contribution in [0.5, 0.6) is 0 Å². The molecule has 0 atom stereocenters. The molecule has 0 aromatic heterocycles. The quantitative estimate of drug-likeness (QED) is 0.715. The lowest BCUT2D eigenvalue weighted by Crippen LogP contribution is -2.31. The van der Waals surface area contributed by atoms with Crippen molar-refractivity contribution < 1.29 is 4.79 Å². The van der Waals surface area contributed by atoms with Gasteiger partial charge in [0, 0.05) is 21.4 Å². The second kappa shape index (κ2) is 7.09. The molecule has 0 saturated heterocycles. The monoisotopic (exact) mass is 407 g/mol. The van der Waals surface area contributed by atoms with Crippen molar-refractivity contribution in [1.82, 2.24) is 5.32 Å². The first kappa shape index (κ1) is 15.3. The highest BCUT2D eigenvalue weighted by Crippen LogP contribution is 2.28. The number of amides is 1. The van der Waals surface area contributed by atoms with Crippen LogP contribution >= 0.6 is 43.5 Å². The van der Waals surface area contributed by atoms with Crippen LogP contribution in [0.15, 0.2) is 22.7 Å². The predicted octanol–water partition coefficient (Wildman–Crippen LogP) is 4.79. The van der Waals surface area contributed by atoms with Crippen LogP contribution in [0.3, 0.4) is 0 Å². The van der Waals surface area contributed by atoms with Gasteiger partial charge in [-0.05, 0) is 65.7 Å². The van der Waals surface area contributed by atoms with Gasteiger partial charge in [0.15, 0.2) is 0 Å². The van der Waals surface area contributed by atoms with E-state index in [4.69, 9.17) is 11.6 Å². The SMILES string of the molecule is O=C(NCC1CCC(Br)CC1)c1ccc(Cl)c(Br)c1. The second-order valence-corrected chi connectivity index (χ2v) is 7.51. The van der Waals surface area contributed by atoms with Crippen LogP contribution in [0, 0.1) is 5.92 Å². The Labute approximate surface area is 135 Å². The second-order valence-electron chi connectivity index (χ2n) is 4.96. The summed E-state index contributed by atoms with van der Waals surface area (Å²) in [4.78, 5) is 12.7. The summed E-state index contributed by atoms with van der Waals surface area (Å²) < 4.78 is 0.751. The van der Waals surface area contributed by atoms with Gasteiger partial charge in [-0.1, -0.05) is 27.5 Å². The Morgan fingerprint density at radius 3 is 2.63 bits per heavy atom. The number of alkyl halides is 1. The number of halogens is 3. The number of nitrogens with one attached hydrogen (secondary N) is 1. The summed E-state index contributed by atoms with van der Waals surface area (Å²) >= 11 is 12.9. The van der Waals surface area contributed by atoms with Crippen LogP contribution in [-0.4, -0.2) is 17.3 Å². The van der Waals surface area contributed by atoms with Gasteiger partial charge in [-0.3, -0.25) is 4.79 Å². The molecule has 0 bridgehead atoms. The lowest BCUT2D eigenvalue weighted by molar-refractivity contribution is 0.0944. The highest BCUT2D eigenvalue weighted by atomic mass is 79.9. The maximum atomic E-state index is 12.0. The number of hydrogen-bond donors (Lipinski definition) is 1. The van der Waals surface area contributed by atoms with E-state index in [1.165, 1.54) is 25.7 Å². The number of benzene rings is 1. The normalized spacial score (nSPS) is 23.1. The van der Waals surface area contributed by atoms with E-state index in [0.717, 1.165) is 11.0 Å². The van der Waals surface area contributed by atoms with E-state index in [0.29, 0.717) is 21.3 Å². The van der Waals surface area contributed by atoms with Crippen LogP contribution in [0.4, 0.5) is 0 Å². The molecule has 1 amide bonds. The number of carbonyl (C=O) groups is 1. The summed E-state index contributed by atoms with van der Waals surface area (Å²) in [6, 6.07) is 5.24. The highest BCUT2D eigenvalue weighted by molar-refractivity contribution is 9.10. The molecule has 104 valence electrons. The van der Waals surface area contributed by atoms with Crippen molar-refractivity contribution in [2.45, 2.75) is 30.5 Å². The third-order valence-corrected chi connectivity index (χ3v) is 5.64. The van der Waals surface area contributed by atoms with Crippen molar-refractivity contribution in [3.8, 4) is 0 Å². The van der Waals surface area contributed by atoms with Crippen molar-refractivity contribution in [1.29, 1.82) is 0 Å². The van der Waals surface area contributed by atoms with Crippen molar-refractivity contribution in [2.75, 3.05) is 6.54 Å². The van der Waals surface area contributed by atoms with Crippen molar-refractivity contribution in [2.24, 2.45) is 5.92 Å². The smallest absolute Gasteiger partial charge is 0.251 e. The van der Waals surface area contributed by atoms with Crippen molar-refractivity contribution >= 4 is 49.4 Å². The minimum absolute atomic E-state index is 0.0293. The van der Waals surface area contributed by atoms with E-state index in [1.54, 1.807) is 18.2 Å². The summed E-state index contributed by atoms with van der Waals surface area (Å²) in [5, 5.41) is 3.63. The Bertz CT molecular complexity index is 459. The Kier molecular flexibility index (Phi) is 5.72. The van der Waals surface area contributed by atoms with Crippen molar-refractivity contribution in [3.05, 3.63) is 33.3 Å². The molecule has 0 aliphatic heterocycles. The first-order chi connectivity index (χ1) is 9.06. The molecule has 1 aromatic rings. The minimum Gasteiger partial charge on any atom is -0.352 e. The summed E-state index contributed by atoms with van der Waals surface area (Å²) in [6.07, 6.45) is 4.76. The topological polar surface area (TPSA) is 29.1 Å². The maximum absolute atomic E-state index is 12.0. The molecule has 0 spiro atoms. The predicted molar refractivity (Wildman–Crippen MR) is 86.2 cm³/mol. The molecule has 2 rings (SSSR count). The van der Waals surface area contributed by atoms with Crippen molar-refractivity contribution in [3.63, 3.8) is 0 Å². The fraction of sp³-hybridized carbons (Fsp3) is 0.500. The van der Waals surface area contributed by atoms with Crippen LogP contribution < -0.4 is 5.32 Å². The first-order valence-electron chi connectivity index (χ1n) is 6.43. The third kappa shape index (κ3) is 4.47. The van der Waals surface area contributed by atoms with Gasteiger partial charge in [-0.2, -0.15) is 0 Å². The molecule has 1 aliphatic carbocycles. The molecule has 1 aromatic carbocycles. The van der Waals surface area contributed by atoms with Gasteiger partial charge in [0.2, 0.25) is 0 Å². The number of carbonyl (C=O) groups excluding carboxylic acids is 1. The van der Waals surface area contributed by atoms with E-state index in [9.17, 15) is 4.79 Å². The van der Waals surface area contributed by atoms with E-state index in [-0.39, 0.29) is 5.91 Å². The van der Waals surface area contributed by atoms with E-state index < -0.39 is 0 Å². The Morgan fingerprint density at radius 2 is 2.00 bits per heavy atom. The fourth-order valence-corrected chi connectivity index (χ4v) is 3.33. The van der Waals surface area contributed by atoms with Gasteiger partial charge < -0.3 is 5.32 Å². The molecule has 2 nitrogen and oxygen atoms in total. The summed E-state index contributed by atoms with van der Waals surface area (Å²) in [6.45, 7) is 0.763. The van der Waals surface area contributed by atoms with E-state index in [1.807, 2.05) is 0 Å². The molecular formula is C14H16Br2ClNO. The molecular weight excluding hydrogens is 393 g/mol. The minimum atomic E-state index is -0.0293. The van der Waals surface area contributed by atoms with Gasteiger partial charge in [-0.25, -0.2) is 0 Å². The molecule has 1 N–H and O–H groups in total. The molecule has 1 saturated carbocycles. The van der Waals surface area contributed by atoms with E-state index in [2.05, 4.69) is 37.2 Å². The van der Waals surface area contributed by atoms with Gasteiger partial charge >= 0.3 is 0 Å². The van der Waals surface area contributed by atoms with Gasteiger partial charge in [0.25, 0.3) is 5.91 Å². The summed E-state index contributed by atoms with van der Waals surface area (Å²) in [7, 11) is 0. The van der Waals surface area contributed by atoms with Gasteiger partial charge in [0.05, 0.1) is 5.02 Å². The zero-order chi connectivity index (χ0) is 13.8. The van der Waals surface area contributed by atoms with Crippen LogP contribution in [0.1, 0.15) is 36.0 Å². The Morgan fingerprint density at radius 1 is 1.32 bits per heavy atom. The largest absolute Gasteiger partial charge is 0.352 e. The maximum Gasteiger partial charge on any atom is 0.251 e. The zero-order valence-electron chi connectivity index (χ0n) is 10.5. The molecule has 0 heterocycles. The molecule has 5 heteroatoms. The molecule has 1 fully saturated rings. The average Bonchev–Trinajstić information content (AvgIpc) is 2.41. The highest BCUT2D eigenvalue weighted by Gasteiger charge is 2.19. The Hall–Kier alpha value is -0.0600. The van der Waals surface area contributed by atoms with Gasteiger partial charge in [0.1, 0.15) is 0 Å². The standard InChI is InChI=1S/C14H16Br2ClNO/c15-11-4-1-9(2-5-11)8-18-14(19)10-3-6-13(17)12(16)7-10/h3,6-7,9,11H,1-2,4-5,8H2,(H,18,19). The lowest BCUT2D eigenvalue weighted by atomic mass is 9.89. The van der Waals surface area contributed by atoms with Crippen LogP contribution in [0.2, 0.25) is 5.02 Å². The zero-order valence-corrected chi connectivity index (χ0v) is 14.4. The summed E-state index contributed by atoms with van der Waals surface area (Å²) in [5.74, 6) is 0.576. The summed E-state index contributed by atoms with van der Waals surface area (Å²) in [5.41, 5.74) is 0.644. The number of rotatable bonds is 3. The van der Waals surface area contributed by atoms with Crippen LogP contribution in [0.25, 0.3) is 0 Å². The molecule has 19 heavy (non-hydrogen) atoms. The Balaban J connectivity index is 1.85. The first-order valence-corrected chi connectivity index (χ1v) is 8.52. The third-order valence-electron chi connectivity index (χ3n) is 3.51. The van der Waals surface area contributed by atoms with Crippen LogP contribution in [-0.2, 0) is 0 Å². The number of hydrogen-bond acceptors (Lipinski definition) is 1. The molecule has 0 unspecified atom stereocenters. The van der Waals surface area contributed by atoms with E-state index >= 15 is 0 Å². The lowest BCUT2D eigenvalue weighted by Gasteiger charge is -2.25. The van der Waals surface area contributed by atoms with Gasteiger partial charge in [-0.15, -0.1) is 0 Å². The molecule has 1 aliphatic rings. The average molecular weight is 410 g/mol. The fourth-order valence-electron chi connectivity index (χ4n) is 2.30. The molecule has 0 radical (unpaired) electrons.